The highest BCUT2D eigenvalue weighted by Gasteiger charge is 2.54. The van der Waals surface area contributed by atoms with Crippen LogP contribution < -0.4 is 11.3 Å². The molecule has 0 saturated heterocycles. The molecule has 4 saturated carbocycles. The molecule has 33 heavy (non-hydrogen) atoms. The molecule has 7 heteroatoms. The topological polar surface area (TPSA) is 95.1 Å². The molecule has 176 valence electrons. The van der Waals surface area contributed by atoms with Crippen molar-refractivity contribution in [3.63, 3.8) is 0 Å². The average molecular weight is 468 g/mol. The molecule has 1 heterocycles. The van der Waals surface area contributed by atoms with Gasteiger partial charge in [0, 0.05) is 18.4 Å². The summed E-state index contributed by atoms with van der Waals surface area (Å²) in [6.45, 7) is 0.531. The Morgan fingerprint density at radius 3 is 2.36 bits per heavy atom. The molecule has 2 aromatic rings. The molecular formula is C26H33N3O3S. The number of Topliss-reactive ketones (excluding diaryl/α,β-unsaturated/α-hetero) is 1. The van der Waals surface area contributed by atoms with Gasteiger partial charge in [-0.05, 0) is 81.3 Å². The van der Waals surface area contributed by atoms with E-state index in [1.807, 2.05) is 24.3 Å². The number of hydrogen-bond acceptors (Lipinski definition) is 5. The lowest BCUT2D eigenvalue weighted by Gasteiger charge is -2.56. The van der Waals surface area contributed by atoms with Crippen molar-refractivity contribution in [3.8, 4) is 0 Å². The van der Waals surface area contributed by atoms with Gasteiger partial charge in [-0.15, -0.1) is 0 Å². The molecule has 6 rings (SSSR count). The van der Waals surface area contributed by atoms with Gasteiger partial charge >= 0.3 is 0 Å². The fourth-order valence-corrected chi connectivity index (χ4v) is 8.00. The van der Waals surface area contributed by atoms with Crippen LogP contribution in [0.5, 0.6) is 0 Å². The van der Waals surface area contributed by atoms with E-state index in [2.05, 4.69) is 0 Å². The van der Waals surface area contributed by atoms with Gasteiger partial charge in [-0.3, -0.25) is 19.0 Å². The Balaban J connectivity index is 1.33. The van der Waals surface area contributed by atoms with Crippen molar-refractivity contribution in [2.24, 2.45) is 28.9 Å². The lowest BCUT2D eigenvalue weighted by Crippen LogP contribution is -2.50. The Kier molecular flexibility index (Phi) is 6.34. The molecule has 0 radical (unpaired) electrons. The van der Waals surface area contributed by atoms with Gasteiger partial charge in [0.05, 0.1) is 16.7 Å². The number of unbranched alkanes of at least 4 members (excludes halogenated alkanes) is 2. The minimum Gasteiger partial charge on any atom is -0.370 e. The number of amides is 1. The molecule has 0 unspecified atom stereocenters. The Bertz CT molecular complexity index is 1090. The highest BCUT2D eigenvalue weighted by Crippen LogP contribution is 2.60. The predicted octanol–water partition coefficient (Wildman–Crippen LogP) is 4.32. The molecule has 6 nitrogen and oxygen atoms in total. The lowest BCUT2D eigenvalue weighted by molar-refractivity contribution is -0.141. The van der Waals surface area contributed by atoms with E-state index in [1.165, 1.54) is 31.0 Å². The first kappa shape index (κ1) is 22.6. The Labute approximate surface area is 198 Å². The summed E-state index contributed by atoms with van der Waals surface area (Å²) >= 11 is 1.43. The van der Waals surface area contributed by atoms with Crippen molar-refractivity contribution < 1.29 is 9.59 Å². The summed E-state index contributed by atoms with van der Waals surface area (Å²) in [5.41, 5.74) is 5.73. The molecule has 4 aliphatic carbocycles. The number of primary amides is 1. The van der Waals surface area contributed by atoms with E-state index in [1.54, 1.807) is 4.57 Å². The zero-order chi connectivity index (χ0) is 23.0. The summed E-state index contributed by atoms with van der Waals surface area (Å²) in [4.78, 5) is 42.5. The Morgan fingerprint density at radius 2 is 1.70 bits per heavy atom. The van der Waals surface area contributed by atoms with Gasteiger partial charge in [0.1, 0.15) is 5.78 Å². The van der Waals surface area contributed by atoms with E-state index in [-0.39, 0.29) is 16.9 Å². The van der Waals surface area contributed by atoms with Crippen LogP contribution >= 0.6 is 11.8 Å². The maximum absolute atomic E-state index is 13.5. The number of fused-ring (bicyclic) bond motifs is 1. The number of benzene rings is 1. The summed E-state index contributed by atoms with van der Waals surface area (Å²) in [7, 11) is 0. The number of thioether (sulfide) groups is 1. The molecule has 1 aromatic carbocycles. The number of nitrogens with two attached hydrogens (primary N) is 1. The van der Waals surface area contributed by atoms with Crippen molar-refractivity contribution in [1.82, 2.24) is 9.55 Å². The predicted molar refractivity (Wildman–Crippen MR) is 130 cm³/mol. The van der Waals surface area contributed by atoms with E-state index in [0.29, 0.717) is 40.6 Å². The van der Waals surface area contributed by atoms with Gasteiger partial charge < -0.3 is 5.73 Å². The summed E-state index contributed by atoms with van der Waals surface area (Å²) in [5, 5.41) is 1.23. The number of nitrogens with zero attached hydrogens (tertiary/aromatic N) is 2. The van der Waals surface area contributed by atoms with Crippen LogP contribution in [0.2, 0.25) is 0 Å². The monoisotopic (exact) mass is 467 g/mol. The maximum atomic E-state index is 13.5. The van der Waals surface area contributed by atoms with Crippen molar-refractivity contribution in [3.05, 3.63) is 34.6 Å². The lowest BCUT2D eigenvalue weighted by atomic mass is 9.48. The first-order chi connectivity index (χ1) is 15.9. The zero-order valence-corrected chi connectivity index (χ0v) is 19.9. The van der Waals surface area contributed by atoms with E-state index < -0.39 is 0 Å². The van der Waals surface area contributed by atoms with Gasteiger partial charge in [0.2, 0.25) is 5.91 Å². The minimum atomic E-state index is -0.293. The number of carbonyl (C=O) groups is 2. The maximum Gasteiger partial charge on any atom is 0.262 e. The molecule has 1 amide bonds. The minimum absolute atomic E-state index is 0.0553. The summed E-state index contributed by atoms with van der Waals surface area (Å²) in [6.07, 6.45) is 9.83. The van der Waals surface area contributed by atoms with Gasteiger partial charge in [0.15, 0.2) is 5.16 Å². The van der Waals surface area contributed by atoms with Crippen molar-refractivity contribution >= 4 is 34.4 Å². The number of rotatable bonds is 10. The fraction of sp³-hybridized carbons (Fsp3) is 0.615. The molecule has 4 bridgehead atoms. The molecule has 4 fully saturated rings. The third kappa shape index (κ3) is 4.61. The first-order valence-corrected chi connectivity index (χ1v) is 13.4. The second-order valence-electron chi connectivity index (χ2n) is 10.6. The van der Waals surface area contributed by atoms with Gasteiger partial charge in [-0.2, -0.15) is 0 Å². The first-order valence-electron chi connectivity index (χ1n) is 12.4. The van der Waals surface area contributed by atoms with Gasteiger partial charge in [-0.1, -0.05) is 30.3 Å². The van der Waals surface area contributed by atoms with Crippen LogP contribution in [0.25, 0.3) is 10.9 Å². The van der Waals surface area contributed by atoms with E-state index >= 15 is 0 Å². The third-order valence-electron chi connectivity index (χ3n) is 8.09. The quantitative estimate of drug-likeness (QED) is 0.319. The van der Waals surface area contributed by atoms with Crippen molar-refractivity contribution in [2.45, 2.75) is 75.9 Å². The molecule has 1 aromatic heterocycles. The second kappa shape index (κ2) is 9.24. The fourth-order valence-electron chi connectivity index (χ4n) is 6.94. The molecule has 0 spiro atoms. The third-order valence-corrected chi connectivity index (χ3v) is 9.07. The molecular weight excluding hydrogens is 434 g/mol. The standard InChI is InChI=1S/C26H33N3O3S/c27-23(31)8-2-1-5-9-29-24(32)20-6-3-4-7-21(20)28-25(29)33-16-22(30)26-13-17-10-18(14-26)12-19(11-17)15-26/h3-4,6-7,17-19H,1-2,5,8-16H2,(H2,27,31). The van der Waals surface area contributed by atoms with Gasteiger partial charge in [-0.25, -0.2) is 4.98 Å². The van der Waals surface area contributed by atoms with E-state index in [9.17, 15) is 14.4 Å². The number of hydrogen-bond donors (Lipinski definition) is 1. The van der Waals surface area contributed by atoms with Crippen LogP contribution in [-0.2, 0) is 16.1 Å². The Hall–Kier alpha value is -2.15. The Morgan fingerprint density at radius 1 is 1.03 bits per heavy atom. The van der Waals surface area contributed by atoms with Crippen LogP contribution in [0.1, 0.15) is 64.2 Å². The molecule has 2 N–H and O–H groups in total. The van der Waals surface area contributed by atoms with E-state index in [0.717, 1.165) is 56.3 Å². The van der Waals surface area contributed by atoms with Crippen LogP contribution in [-0.4, -0.2) is 27.0 Å². The highest BCUT2D eigenvalue weighted by molar-refractivity contribution is 7.99. The average Bonchev–Trinajstić information content (AvgIpc) is 2.77. The number of ketones is 1. The van der Waals surface area contributed by atoms with Gasteiger partial charge in [0.25, 0.3) is 5.56 Å². The zero-order valence-electron chi connectivity index (χ0n) is 19.1. The molecule has 0 aliphatic heterocycles. The summed E-state index contributed by atoms with van der Waals surface area (Å²) < 4.78 is 1.73. The van der Waals surface area contributed by atoms with E-state index in [4.69, 9.17) is 10.7 Å². The van der Waals surface area contributed by atoms with Crippen LogP contribution in [0, 0.1) is 23.2 Å². The molecule has 4 aliphatic rings. The summed E-state index contributed by atoms with van der Waals surface area (Å²) in [5.74, 6) is 2.67. The van der Waals surface area contributed by atoms with Crippen molar-refractivity contribution in [2.75, 3.05) is 5.75 Å². The number of para-hydroxylation sites is 1. The number of carbonyl (C=O) groups excluding carboxylic acids is 2. The smallest absolute Gasteiger partial charge is 0.262 e. The largest absolute Gasteiger partial charge is 0.370 e. The normalized spacial score (nSPS) is 27.8. The SMILES string of the molecule is NC(=O)CCCCCn1c(SCC(=O)C23CC4CC(CC(C4)C2)C3)nc2ccccc2c1=O. The second-order valence-corrected chi connectivity index (χ2v) is 11.5. The molecule has 0 atom stereocenters. The number of aromatic nitrogens is 2. The van der Waals surface area contributed by atoms with Crippen LogP contribution in [0.3, 0.4) is 0 Å². The van der Waals surface area contributed by atoms with Crippen LogP contribution in [0.4, 0.5) is 0 Å². The highest BCUT2D eigenvalue weighted by atomic mass is 32.2. The van der Waals surface area contributed by atoms with Crippen LogP contribution in [0.15, 0.2) is 34.2 Å². The summed E-state index contributed by atoms with van der Waals surface area (Å²) in [6, 6.07) is 7.41. The van der Waals surface area contributed by atoms with Crippen molar-refractivity contribution in [1.29, 1.82) is 0 Å².